The highest BCUT2D eigenvalue weighted by Gasteiger charge is 2.19. The third kappa shape index (κ3) is 3.64. The van der Waals surface area contributed by atoms with Gasteiger partial charge in [0, 0.05) is 12.4 Å². The normalized spacial score (nSPS) is 12.1. The number of amides is 1. The Morgan fingerprint density at radius 2 is 1.83 bits per heavy atom. The maximum absolute atomic E-state index is 13.3. The number of benzene rings is 1. The van der Waals surface area contributed by atoms with Crippen LogP contribution in [0.1, 0.15) is 18.7 Å². The number of carbonyl (C=O) groups is 1. The molecule has 29 heavy (non-hydrogen) atoms. The fourth-order valence-electron chi connectivity index (χ4n) is 3.20. The SMILES string of the molecule is CC(NC(=O)Cn1c(=O)n(-c2ccc(F)cc2)c2ncccc21)c1ccccn1. The average molecular weight is 391 g/mol. The summed E-state index contributed by atoms with van der Waals surface area (Å²) in [5.74, 6) is -0.728. The van der Waals surface area contributed by atoms with E-state index in [1.807, 2.05) is 19.1 Å². The van der Waals surface area contributed by atoms with Crippen molar-refractivity contribution in [2.24, 2.45) is 0 Å². The van der Waals surface area contributed by atoms with Gasteiger partial charge in [-0.3, -0.25) is 14.3 Å². The van der Waals surface area contributed by atoms with Crippen LogP contribution in [0.15, 0.2) is 71.8 Å². The number of carbonyl (C=O) groups excluding carboxylic acids is 1. The predicted octanol–water partition coefficient (Wildman–Crippen LogP) is 2.60. The van der Waals surface area contributed by atoms with E-state index in [2.05, 4.69) is 15.3 Å². The Hall–Kier alpha value is -3.81. The standard InChI is InChI=1S/C21H18FN5O2/c1-14(17-5-2-3-11-23-17)25-19(28)13-26-18-6-4-12-24-20(18)27(21(26)29)16-9-7-15(22)8-10-16/h2-12,14H,13H2,1H3,(H,25,28). The van der Waals surface area contributed by atoms with E-state index in [0.29, 0.717) is 16.9 Å². The molecule has 0 fully saturated rings. The second kappa shape index (κ2) is 7.67. The molecule has 3 aromatic heterocycles. The molecular formula is C21H18FN5O2. The fraction of sp³-hybridized carbons (Fsp3) is 0.143. The van der Waals surface area contributed by atoms with Crippen LogP contribution < -0.4 is 11.0 Å². The Morgan fingerprint density at radius 1 is 1.07 bits per heavy atom. The lowest BCUT2D eigenvalue weighted by Crippen LogP contribution is -2.34. The van der Waals surface area contributed by atoms with E-state index < -0.39 is 11.5 Å². The van der Waals surface area contributed by atoms with Crippen LogP contribution >= 0.6 is 0 Å². The molecule has 0 aliphatic heterocycles. The van der Waals surface area contributed by atoms with Crippen LogP contribution in [0.25, 0.3) is 16.9 Å². The zero-order valence-corrected chi connectivity index (χ0v) is 15.6. The summed E-state index contributed by atoms with van der Waals surface area (Å²) in [5.41, 5.74) is 1.69. The number of halogens is 1. The third-order valence-electron chi connectivity index (χ3n) is 4.59. The van der Waals surface area contributed by atoms with Crippen molar-refractivity contribution in [1.82, 2.24) is 24.4 Å². The summed E-state index contributed by atoms with van der Waals surface area (Å²) in [4.78, 5) is 34.2. The van der Waals surface area contributed by atoms with E-state index in [0.717, 1.165) is 5.69 Å². The number of nitrogens with zero attached hydrogens (tertiary/aromatic N) is 4. The minimum absolute atomic E-state index is 0.174. The van der Waals surface area contributed by atoms with E-state index in [9.17, 15) is 14.0 Å². The first-order valence-corrected chi connectivity index (χ1v) is 9.07. The first-order valence-electron chi connectivity index (χ1n) is 9.07. The molecule has 0 radical (unpaired) electrons. The van der Waals surface area contributed by atoms with Gasteiger partial charge in [-0.2, -0.15) is 0 Å². The van der Waals surface area contributed by atoms with Gasteiger partial charge in [0.15, 0.2) is 5.65 Å². The minimum atomic E-state index is -0.425. The molecule has 146 valence electrons. The Kier molecular flexibility index (Phi) is 4.90. The number of hydrogen-bond donors (Lipinski definition) is 1. The molecule has 1 aromatic carbocycles. The molecular weight excluding hydrogens is 373 g/mol. The summed E-state index contributed by atoms with van der Waals surface area (Å²) < 4.78 is 16.0. The molecule has 7 nitrogen and oxygen atoms in total. The second-order valence-corrected chi connectivity index (χ2v) is 6.57. The van der Waals surface area contributed by atoms with Gasteiger partial charge < -0.3 is 5.32 Å². The Morgan fingerprint density at radius 3 is 2.55 bits per heavy atom. The molecule has 0 spiro atoms. The van der Waals surface area contributed by atoms with Gasteiger partial charge in [0.2, 0.25) is 5.91 Å². The number of imidazole rings is 1. The second-order valence-electron chi connectivity index (χ2n) is 6.57. The van der Waals surface area contributed by atoms with Crippen LogP contribution in [0, 0.1) is 5.82 Å². The Labute approximate surface area is 165 Å². The highest BCUT2D eigenvalue weighted by Crippen LogP contribution is 2.16. The Bertz CT molecular complexity index is 1220. The summed E-state index contributed by atoms with van der Waals surface area (Å²) in [5, 5.41) is 2.85. The van der Waals surface area contributed by atoms with E-state index in [1.54, 1.807) is 30.6 Å². The molecule has 0 saturated heterocycles. The molecule has 8 heteroatoms. The van der Waals surface area contributed by atoms with Gasteiger partial charge in [0.25, 0.3) is 0 Å². The highest BCUT2D eigenvalue weighted by atomic mass is 19.1. The van der Waals surface area contributed by atoms with Gasteiger partial charge >= 0.3 is 5.69 Å². The summed E-state index contributed by atoms with van der Waals surface area (Å²) >= 11 is 0. The van der Waals surface area contributed by atoms with Crippen LogP contribution in [-0.2, 0) is 11.3 Å². The number of hydrogen-bond acceptors (Lipinski definition) is 4. The minimum Gasteiger partial charge on any atom is -0.346 e. The van der Waals surface area contributed by atoms with Crippen molar-refractivity contribution >= 4 is 17.1 Å². The van der Waals surface area contributed by atoms with Gasteiger partial charge in [-0.15, -0.1) is 0 Å². The quantitative estimate of drug-likeness (QED) is 0.567. The number of pyridine rings is 2. The molecule has 0 bridgehead atoms. The molecule has 1 unspecified atom stereocenters. The number of fused-ring (bicyclic) bond motifs is 1. The van der Waals surface area contributed by atoms with Crippen molar-refractivity contribution in [2.45, 2.75) is 19.5 Å². The molecule has 0 aliphatic rings. The van der Waals surface area contributed by atoms with Gasteiger partial charge in [-0.05, 0) is 55.5 Å². The van der Waals surface area contributed by atoms with Crippen molar-refractivity contribution in [3.8, 4) is 5.69 Å². The first-order chi connectivity index (χ1) is 14.0. The summed E-state index contributed by atoms with van der Waals surface area (Å²) in [7, 11) is 0. The molecule has 4 rings (SSSR count). The van der Waals surface area contributed by atoms with Crippen LogP contribution in [0.3, 0.4) is 0 Å². The zero-order chi connectivity index (χ0) is 20.4. The molecule has 3 heterocycles. The largest absolute Gasteiger partial charge is 0.346 e. The smallest absolute Gasteiger partial charge is 0.335 e. The summed E-state index contributed by atoms with van der Waals surface area (Å²) in [6.07, 6.45) is 3.22. The average Bonchev–Trinajstić information content (AvgIpc) is 3.01. The first kappa shape index (κ1) is 18.5. The molecule has 1 amide bonds. The molecule has 0 saturated carbocycles. The number of rotatable bonds is 5. The van der Waals surface area contributed by atoms with Gasteiger partial charge in [-0.25, -0.2) is 18.7 Å². The summed E-state index contributed by atoms with van der Waals surface area (Å²) in [6.45, 7) is 1.65. The topological polar surface area (TPSA) is 81.8 Å². The predicted molar refractivity (Wildman–Crippen MR) is 106 cm³/mol. The number of aromatic nitrogens is 4. The lowest BCUT2D eigenvalue weighted by Gasteiger charge is -2.13. The highest BCUT2D eigenvalue weighted by molar-refractivity contribution is 5.80. The van der Waals surface area contributed by atoms with Crippen LogP contribution in [-0.4, -0.2) is 25.0 Å². The molecule has 0 aliphatic carbocycles. The van der Waals surface area contributed by atoms with Crippen LogP contribution in [0.4, 0.5) is 4.39 Å². The molecule has 4 aromatic rings. The maximum Gasteiger partial charge on any atom is 0.335 e. The van der Waals surface area contributed by atoms with Crippen molar-refractivity contribution < 1.29 is 9.18 Å². The van der Waals surface area contributed by atoms with E-state index in [4.69, 9.17) is 0 Å². The van der Waals surface area contributed by atoms with Crippen molar-refractivity contribution in [1.29, 1.82) is 0 Å². The Balaban J connectivity index is 1.67. The molecule has 1 N–H and O–H groups in total. The lowest BCUT2D eigenvalue weighted by atomic mass is 10.2. The maximum atomic E-state index is 13.3. The van der Waals surface area contributed by atoms with Gasteiger partial charge in [0.1, 0.15) is 12.4 Å². The van der Waals surface area contributed by atoms with Gasteiger partial charge in [0.05, 0.1) is 22.9 Å². The third-order valence-corrected chi connectivity index (χ3v) is 4.59. The van der Waals surface area contributed by atoms with Gasteiger partial charge in [-0.1, -0.05) is 6.07 Å². The summed E-state index contributed by atoms with van der Waals surface area (Å²) in [6, 6.07) is 14.1. The van der Waals surface area contributed by atoms with E-state index in [1.165, 1.54) is 33.4 Å². The van der Waals surface area contributed by atoms with Crippen molar-refractivity contribution in [3.05, 3.63) is 89.0 Å². The monoisotopic (exact) mass is 391 g/mol. The van der Waals surface area contributed by atoms with Crippen LogP contribution in [0.5, 0.6) is 0 Å². The zero-order valence-electron chi connectivity index (χ0n) is 15.6. The number of nitrogens with one attached hydrogen (secondary N) is 1. The van der Waals surface area contributed by atoms with Crippen LogP contribution in [0.2, 0.25) is 0 Å². The van der Waals surface area contributed by atoms with E-state index >= 15 is 0 Å². The lowest BCUT2D eigenvalue weighted by molar-refractivity contribution is -0.122. The molecule has 1 atom stereocenters. The fourth-order valence-corrected chi connectivity index (χ4v) is 3.20. The van der Waals surface area contributed by atoms with Crippen molar-refractivity contribution in [2.75, 3.05) is 0 Å². The van der Waals surface area contributed by atoms with Crippen molar-refractivity contribution in [3.63, 3.8) is 0 Å². The van der Waals surface area contributed by atoms with E-state index in [-0.39, 0.29) is 18.5 Å².